The molecule has 3 N–H and O–H groups in total. The highest BCUT2D eigenvalue weighted by atomic mass is 32.2. The number of imidazole rings is 1. The van der Waals surface area contributed by atoms with Crippen LogP contribution < -0.4 is 19.9 Å². The number of nitrogen functional groups attached to an aromatic ring is 1. The van der Waals surface area contributed by atoms with Gasteiger partial charge in [-0.05, 0) is 37.5 Å². The van der Waals surface area contributed by atoms with Crippen LogP contribution in [0.4, 0.5) is 5.82 Å². The van der Waals surface area contributed by atoms with Crippen LogP contribution in [0.15, 0.2) is 28.5 Å². The highest BCUT2D eigenvalue weighted by Crippen LogP contribution is 2.40. The van der Waals surface area contributed by atoms with Crippen molar-refractivity contribution < 1.29 is 17.9 Å². The summed E-state index contributed by atoms with van der Waals surface area (Å²) in [6.07, 6.45) is 2.82. The molecule has 0 radical (unpaired) electrons. The minimum Gasteiger partial charge on any atom is -0.454 e. The van der Waals surface area contributed by atoms with E-state index in [0.717, 1.165) is 29.1 Å². The number of hydrogen-bond acceptors (Lipinski definition) is 9. The number of rotatable bonds is 7. The van der Waals surface area contributed by atoms with Gasteiger partial charge in [-0.15, -0.1) is 0 Å². The Morgan fingerprint density at radius 2 is 2.03 bits per heavy atom. The summed E-state index contributed by atoms with van der Waals surface area (Å²) in [6, 6.07) is 3.84. The molecule has 0 bridgehead atoms. The van der Waals surface area contributed by atoms with Crippen LogP contribution in [-0.4, -0.2) is 46.5 Å². The second-order valence-corrected chi connectivity index (χ2v) is 10.2. The molecule has 1 saturated carbocycles. The van der Waals surface area contributed by atoms with E-state index in [0.29, 0.717) is 28.6 Å². The first-order valence-corrected chi connectivity index (χ1v) is 11.8. The van der Waals surface area contributed by atoms with Crippen LogP contribution in [0.3, 0.4) is 0 Å². The Kier molecular flexibility index (Phi) is 4.71. The molecule has 12 heteroatoms. The predicted molar refractivity (Wildman–Crippen MR) is 111 cm³/mol. The standard InChI is InChI=1S/C18H20N6O4S2/c1-10-6-12-13(28-9-27-12)7-14(10)29-18-23-15-16(19)20-8-21-17(15)24(18)5-4-22-30(25,26)11-2-3-11/h6-8,11,22H,2-5,9H2,1H3,(H2,19,20,21). The number of anilines is 1. The van der Waals surface area contributed by atoms with Crippen molar-refractivity contribution in [1.82, 2.24) is 24.2 Å². The minimum absolute atomic E-state index is 0.203. The van der Waals surface area contributed by atoms with E-state index in [4.69, 9.17) is 15.2 Å². The SMILES string of the molecule is Cc1cc2c(cc1Sc1nc3c(N)ncnc3n1CCNS(=O)(=O)C1CC1)OCO2. The van der Waals surface area contributed by atoms with Crippen LogP contribution in [0, 0.1) is 6.92 Å². The zero-order valence-electron chi connectivity index (χ0n) is 16.2. The molecule has 0 atom stereocenters. The lowest BCUT2D eigenvalue weighted by molar-refractivity contribution is 0.174. The molecule has 1 aliphatic heterocycles. The molecule has 1 fully saturated rings. The van der Waals surface area contributed by atoms with E-state index < -0.39 is 10.0 Å². The summed E-state index contributed by atoms with van der Waals surface area (Å²) in [6.45, 7) is 2.79. The number of fused-ring (bicyclic) bond motifs is 2. The molecule has 2 aromatic heterocycles. The maximum Gasteiger partial charge on any atom is 0.231 e. The summed E-state index contributed by atoms with van der Waals surface area (Å²) in [7, 11) is -3.27. The van der Waals surface area contributed by atoms with Gasteiger partial charge in [0.2, 0.25) is 16.8 Å². The van der Waals surface area contributed by atoms with Crippen molar-refractivity contribution in [3.05, 3.63) is 24.0 Å². The Morgan fingerprint density at radius 1 is 1.27 bits per heavy atom. The third kappa shape index (κ3) is 3.55. The van der Waals surface area contributed by atoms with Gasteiger partial charge in [0.25, 0.3) is 0 Å². The number of nitrogens with two attached hydrogens (primary N) is 1. The van der Waals surface area contributed by atoms with E-state index in [2.05, 4.69) is 19.7 Å². The molecule has 0 amide bonds. The first kappa shape index (κ1) is 19.4. The van der Waals surface area contributed by atoms with Gasteiger partial charge in [-0.25, -0.2) is 28.1 Å². The second kappa shape index (κ2) is 7.29. The van der Waals surface area contributed by atoms with Crippen molar-refractivity contribution in [2.75, 3.05) is 19.1 Å². The molecule has 2 aliphatic rings. The van der Waals surface area contributed by atoms with Crippen LogP contribution in [0.5, 0.6) is 11.5 Å². The zero-order chi connectivity index (χ0) is 20.9. The number of hydrogen-bond donors (Lipinski definition) is 2. The first-order chi connectivity index (χ1) is 14.4. The van der Waals surface area contributed by atoms with Crippen LogP contribution in [-0.2, 0) is 16.6 Å². The van der Waals surface area contributed by atoms with E-state index in [-0.39, 0.29) is 24.4 Å². The fourth-order valence-corrected chi connectivity index (χ4v) is 5.62. The maximum absolute atomic E-state index is 12.2. The summed E-state index contributed by atoms with van der Waals surface area (Å²) < 4.78 is 39.8. The Balaban J connectivity index is 1.47. The van der Waals surface area contributed by atoms with Gasteiger partial charge < -0.3 is 19.8 Å². The van der Waals surface area contributed by atoms with Gasteiger partial charge >= 0.3 is 0 Å². The Morgan fingerprint density at radius 3 is 2.80 bits per heavy atom. The van der Waals surface area contributed by atoms with Gasteiger partial charge in [0, 0.05) is 18.0 Å². The van der Waals surface area contributed by atoms with Gasteiger partial charge in [0.1, 0.15) is 6.33 Å². The molecule has 3 aromatic rings. The number of nitrogens with one attached hydrogen (secondary N) is 1. The van der Waals surface area contributed by atoms with Gasteiger partial charge in [-0.1, -0.05) is 11.8 Å². The molecule has 5 rings (SSSR count). The fraction of sp³-hybridized carbons (Fsp3) is 0.389. The zero-order valence-corrected chi connectivity index (χ0v) is 17.8. The molecular formula is C18H20N6O4S2. The van der Waals surface area contributed by atoms with Crippen molar-refractivity contribution in [2.45, 2.75) is 41.6 Å². The molecule has 1 aromatic carbocycles. The number of benzene rings is 1. The summed E-state index contributed by atoms with van der Waals surface area (Å²) in [4.78, 5) is 13.9. The van der Waals surface area contributed by atoms with E-state index in [1.54, 1.807) is 0 Å². The number of ether oxygens (including phenoxy) is 2. The van der Waals surface area contributed by atoms with Crippen LogP contribution in [0.25, 0.3) is 11.2 Å². The van der Waals surface area contributed by atoms with Crippen molar-refractivity contribution in [2.24, 2.45) is 0 Å². The molecule has 30 heavy (non-hydrogen) atoms. The molecule has 0 saturated heterocycles. The number of nitrogens with zero attached hydrogens (tertiary/aromatic N) is 4. The molecule has 10 nitrogen and oxygen atoms in total. The monoisotopic (exact) mass is 448 g/mol. The van der Waals surface area contributed by atoms with Gasteiger partial charge in [-0.3, -0.25) is 0 Å². The molecule has 0 unspecified atom stereocenters. The number of aromatic nitrogens is 4. The normalized spacial score (nSPS) is 15.8. The van der Waals surface area contributed by atoms with Crippen molar-refractivity contribution in [1.29, 1.82) is 0 Å². The third-order valence-corrected chi connectivity index (χ3v) is 8.11. The lowest BCUT2D eigenvalue weighted by Crippen LogP contribution is -2.30. The van der Waals surface area contributed by atoms with Crippen LogP contribution in [0.2, 0.25) is 0 Å². The van der Waals surface area contributed by atoms with Crippen LogP contribution >= 0.6 is 11.8 Å². The quantitative estimate of drug-likeness (QED) is 0.553. The van der Waals surface area contributed by atoms with Gasteiger partial charge in [0.15, 0.2) is 33.6 Å². The summed E-state index contributed by atoms with van der Waals surface area (Å²) in [5.74, 6) is 1.68. The Bertz CT molecular complexity index is 1240. The highest BCUT2D eigenvalue weighted by molar-refractivity contribution is 7.99. The summed E-state index contributed by atoms with van der Waals surface area (Å²) in [5.41, 5.74) is 8.06. The topological polar surface area (TPSA) is 134 Å². The average molecular weight is 449 g/mol. The lowest BCUT2D eigenvalue weighted by Gasteiger charge is -2.11. The van der Waals surface area contributed by atoms with Gasteiger partial charge in [0.05, 0.1) is 5.25 Å². The van der Waals surface area contributed by atoms with E-state index in [1.165, 1.54) is 18.1 Å². The fourth-order valence-electron chi connectivity index (χ4n) is 3.24. The predicted octanol–water partition coefficient (Wildman–Crippen LogP) is 1.68. The third-order valence-electron chi connectivity index (χ3n) is 5.00. The maximum atomic E-state index is 12.2. The minimum atomic E-state index is -3.27. The number of aryl methyl sites for hydroxylation is 1. The van der Waals surface area contributed by atoms with Crippen LogP contribution in [0.1, 0.15) is 18.4 Å². The Labute approximate surface area is 177 Å². The summed E-state index contributed by atoms with van der Waals surface area (Å²) in [5, 5.41) is 0.380. The largest absolute Gasteiger partial charge is 0.454 e. The van der Waals surface area contributed by atoms with Crippen molar-refractivity contribution in [3.8, 4) is 11.5 Å². The smallest absolute Gasteiger partial charge is 0.231 e. The van der Waals surface area contributed by atoms with Gasteiger partial charge in [-0.2, -0.15) is 0 Å². The first-order valence-electron chi connectivity index (χ1n) is 9.45. The Hall–Kier alpha value is -2.57. The van der Waals surface area contributed by atoms with Crippen molar-refractivity contribution in [3.63, 3.8) is 0 Å². The molecule has 0 spiro atoms. The van der Waals surface area contributed by atoms with E-state index in [1.807, 2.05) is 23.6 Å². The molecule has 1 aliphatic carbocycles. The second-order valence-electron chi connectivity index (χ2n) is 7.19. The van der Waals surface area contributed by atoms with Crippen molar-refractivity contribution >= 4 is 38.8 Å². The molecular weight excluding hydrogens is 428 g/mol. The van der Waals surface area contributed by atoms with E-state index >= 15 is 0 Å². The molecule has 158 valence electrons. The van der Waals surface area contributed by atoms with E-state index in [9.17, 15) is 8.42 Å². The average Bonchev–Trinajstić information content (AvgIpc) is 3.39. The number of sulfonamides is 1. The summed E-state index contributed by atoms with van der Waals surface area (Å²) >= 11 is 1.43. The highest BCUT2D eigenvalue weighted by Gasteiger charge is 2.35. The lowest BCUT2D eigenvalue weighted by atomic mass is 10.2. The molecule has 3 heterocycles.